The zero-order chi connectivity index (χ0) is 15.1. The molecule has 0 aliphatic rings. The molecule has 0 spiro atoms. The van der Waals surface area contributed by atoms with Crippen LogP contribution in [0.5, 0.6) is 0 Å². The third kappa shape index (κ3) is 4.05. The van der Waals surface area contributed by atoms with Gasteiger partial charge in [-0.3, -0.25) is 0 Å². The minimum atomic E-state index is 0.887. The highest BCUT2D eigenvalue weighted by molar-refractivity contribution is 5.63. The van der Waals surface area contributed by atoms with E-state index in [0.29, 0.717) is 0 Å². The number of rotatable bonds is 7. The molecular weight excluding hydrogens is 258 g/mol. The summed E-state index contributed by atoms with van der Waals surface area (Å²) < 4.78 is 0. The lowest BCUT2D eigenvalue weighted by atomic mass is 10.1. The molecule has 0 fully saturated rings. The number of anilines is 2. The molecule has 3 heteroatoms. The molecule has 3 nitrogen and oxygen atoms in total. The number of aromatic nitrogens is 1. The largest absolute Gasteiger partial charge is 0.326 e. The van der Waals surface area contributed by atoms with E-state index in [2.05, 4.69) is 72.4 Å². The average Bonchev–Trinajstić information content (AvgIpc) is 2.51. The predicted octanol–water partition coefficient (Wildman–Crippen LogP) is 4.05. The molecular formula is C18H25N3. The maximum Gasteiger partial charge on any atom is 0.132 e. The van der Waals surface area contributed by atoms with Gasteiger partial charge in [0.15, 0.2) is 0 Å². The van der Waals surface area contributed by atoms with Gasteiger partial charge < -0.3 is 10.2 Å². The van der Waals surface area contributed by atoms with Crippen molar-refractivity contribution >= 4 is 11.5 Å². The first-order chi connectivity index (χ1) is 10.3. The molecule has 0 unspecified atom stereocenters. The summed E-state index contributed by atoms with van der Waals surface area (Å²) >= 11 is 0. The Hall–Kier alpha value is -1.87. The molecule has 0 bridgehead atoms. The molecule has 1 N–H and O–H groups in total. The number of pyridine rings is 1. The van der Waals surface area contributed by atoms with Gasteiger partial charge in [-0.2, -0.15) is 0 Å². The fourth-order valence-corrected chi connectivity index (χ4v) is 2.41. The van der Waals surface area contributed by atoms with E-state index in [0.717, 1.165) is 31.9 Å². The summed E-state index contributed by atoms with van der Waals surface area (Å²) in [7, 11) is 0. The molecule has 2 rings (SSSR count). The van der Waals surface area contributed by atoms with Crippen LogP contribution in [0.15, 0.2) is 42.6 Å². The molecule has 2 aromatic rings. The fraction of sp³-hybridized carbons (Fsp3) is 0.389. The van der Waals surface area contributed by atoms with Crippen molar-refractivity contribution < 1.29 is 0 Å². The molecule has 21 heavy (non-hydrogen) atoms. The van der Waals surface area contributed by atoms with Crippen molar-refractivity contribution in [2.45, 2.75) is 33.7 Å². The predicted molar refractivity (Wildman–Crippen MR) is 90.1 cm³/mol. The van der Waals surface area contributed by atoms with E-state index in [-0.39, 0.29) is 0 Å². The highest BCUT2D eigenvalue weighted by Gasteiger charge is 2.10. The zero-order valence-corrected chi connectivity index (χ0v) is 13.3. The maximum absolute atomic E-state index is 4.63. The second kappa shape index (κ2) is 7.79. The molecule has 1 aromatic heterocycles. The van der Waals surface area contributed by atoms with Crippen LogP contribution in [0, 0.1) is 6.92 Å². The summed E-state index contributed by atoms with van der Waals surface area (Å²) in [6.07, 6.45) is 3.13. The van der Waals surface area contributed by atoms with Crippen molar-refractivity contribution in [3.8, 4) is 0 Å². The Bertz CT molecular complexity index is 549. The number of aryl methyl sites for hydroxylation is 1. The quantitative estimate of drug-likeness (QED) is 0.777. The Balaban J connectivity index is 2.14. The van der Waals surface area contributed by atoms with Gasteiger partial charge in [-0.25, -0.2) is 4.98 Å². The van der Waals surface area contributed by atoms with E-state index in [1.807, 2.05) is 6.20 Å². The normalized spacial score (nSPS) is 10.6. The summed E-state index contributed by atoms with van der Waals surface area (Å²) in [5, 5.41) is 3.40. The van der Waals surface area contributed by atoms with E-state index < -0.39 is 0 Å². The third-order valence-corrected chi connectivity index (χ3v) is 3.56. The van der Waals surface area contributed by atoms with Gasteiger partial charge in [0.2, 0.25) is 0 Å². The SMILES string of the molecule is CCCNCc1ccc(N(CC)c2ccccc2C)nc1. The number of para-hydroxylation sites is 1. The summed E-state index contributed by atoms with van der Waals surface area (Å²) in [6, 6.07) is 12.7. The highest BCUT2D eigenvalue weighted by atomic mass is 15.2. The molecule has 112 valence electrons. The number of nitrogens with zero attached hydrogens (tertiary/aromatic N) is 2. The summed E-state index contributed by atoms with van der Waals surface area (Å²) in [6.45, 7) is 9.32. The van der Waals surface area contributed by atoms with E-state index in [9.17, 15) is 0 Å². The lowest BCUT2D eigenvalue weighted by molar-refractivity contribution is 0.674. The molecule has 0 saturated carbocycles. The molecule has 0 radical (unpaired) electrons. The molecule has 1 aromatic carbocycles. The Morgan fingerprint density at radius 3 is 2.52 bits per heavy atom. The van der Waals surface area contributed by atoms with Gasteiger partial charge in [0.25, 0.3) is 0 Å². The third-order valence-electron chi connectivity index (χ3n) is 3.56. The van der Waals surface area contributed by atoms with Gasteiger partial charge in [-0.05, 0) is 50.1 Å². The number of hydrogen-bond donors (Lipinski definition) is 1. The first kappa shape index (κ1) is 15.5. The number of hydrogen-bond acceptors (Lipinski definition) is 3. The van der Waals surface area contributed by atoms with Crippen molar-refractivity contribution in [1.82, 2.24) is 10.3 Å². The second-order valence-electron chi connectivity index (χ2n) is 5.23. The Kier molecular flexibility index (Phi) is 5.76. The van der Waals surface area contributed by atoms with Gasteiger partial charge in [-0.15, -0.1) is 0 Å². The van der Waals surface area contributed by atoms with Crippen LogP contribution in [0.25, 0.3) is 0 Å². The first-order valence-corrected chi connectivity index (χ1v) is 7.75. The molecule has 0 saturated heterocycles. The lowest BCUT2D eigenvalue weighted by Crippen LogP contribution is -2.19. The number of nitrogens with one attached hydrogen (secondary N) is 1. The smallest absolute Gasteiger partial charge is 0.132 e. The van der Waals surface area contributed by atoms with Crippen molar-refractivity contribution in [1.29, 1.82) is 0 Å². The summed E-state index contributed by atoms with van der Waals surface area (Å²) in [5.41, 5.74) is 3.73. The van der Waals surface area contributed by atoms with E-state index in [4.69, 9.17) is 0 Å². The minimum Gasteiger partial charge on any atom is -0.326 e. The highest BCUT2D eigenvalue weighted by Crippen LogP contribution is 2.26. The van der Waals surface area contributed by atoms with Crippen LogP contribution in [0.1, 0.15) is 31.4 Å². The van der Waals surface area contributed by atoms with Crippen molar-refractivity contribution in [2.24, 2.45) is 0 Å². The Morgan fingerprint density at radius 2 is 1.90 bits per heavy atom. The van der Waals surface area contributed by atoms with E-state index >= 15 is 0 Å². The van der Waals surface area contributed by atoms with Gasteiger partial charge in [0.1, 0.15) is 5.82 Å². The van der Waals surface area contributed by atoms with Crippen LogP contribution < -0.4 is 10.2 Å². The van der Waals surface area contributed by atoms with Crippen LogP contribution in [0.2, 0.25) is 0 Å². The van der Waals surface area contributed by atoms with Gasteiger partial charge in [0.05, 0.1) is 0 Å². The minimum absolute atomic E-state index is 0.887. The zero-order valence-electron chi connectivity index (χ0n) is 13.3. The van der Waals surface area contributed by atoms with Gasteiger partial charge in [0, 0.05) is 25.0 Å². The van der Waals surface area contributed by atoms with E-state index in [1.54, 1.807) is 0 Å². The first-order valence-electron chi connectivity index (χ1n) is 7.75. The van der Waals surface area contributed by atoms with Crippen molar-refractivity contribution in [3.05, 3.63) is 53.7 Å². The molecule has 0 aliphatic heterocycles. The fourth-order valence-electron chi connectivity index (χ4n) is 2.41. The molecule has 0 atom stereocenters. The monoisotopic (exact) mass is 283 g/mol. The van der Waals surface area contributed by atoms with E-state index in [1.165, 1.54) is 16.8 Å². The average molecular weight is 283 g/mol. The van der Waals surface area contributed by atoms with Crippen LogP contribution in [-0.4, -0.2) is 18.1 Å². The lowest BCUT2D eigenvalue weighted by Gasteiger charge is -2.24. The number of benzene rings is 1. The Morgan fingerprint density at radius 1 is 1.10 bits per heavy atom. The van der Waals surface area contributed by atoms with Crippen molar-refractivity contribution in [2.75, 3.05) is 18.0 Å². The Labute approximate surface area is 128 Å². The summed E-state index contributed by atoms with van der Waals surface area (Å²) in [5.74, 6) is 1.01. The summed E-state index contributed by atoms with van der Waals surface area (Å²) in [4.78, 5) is 6.88. The van der Waals surface area contributed by atoms with Crippen LogP contribution in [-0.2, 0) is 6.54 Å². The topological polar surface area (TPSA) is 28.2 Å². The van der Waals surface area contributed by atoms with Crippen LogP contribution in [0.3, 0.4) is 0 Å². The van der Waals surface area contributed by atoms with Gasteiger partial charge in [-0.1, -0.05) is 31.2 Å². The van der Waals surface area contributed by atoms with Crippen molar-refractivity contribution in [3.63, 3.8) is 0 Å². The molecule has 0 amide bonds. The second-order valence-corrected chi connectivity index (χ2v) is 5.23. The van der Waals surface area contributed by atoms with Gasteiger partial charge >= 0.3 is 0 Å². The maximum atomic E-state index is 4.63. The molecule has 1 heterocycles. The van der Waals surface area contributed by atoms with Crippen LogP contribution >= 0.6 is 0 Å². The van der Waals surface area contributed by atoms with Crippen LogP contribution in [0.4, 0.5) is 11.5 Å². The standard InChI is InChI=1S/C18H25N3/c1-4-12-19-13-16-10-11-18(20-14-16)21(5-2)17-9-7-6-8-15(17)3/h6-11,14,19H,4-5,12-13H2,1-3H3. The molecule has 0 aliphatic carbocycles.